The lowest BCUT2D eigenvalue weighted by molar-refractivity contribution is -0.159. The van der Waals surface area contributed by atoms with Gasteiger partial charge in [0.25, 0.3) is 0 Å². The van der Waals surface area contributed by atoms with E-state index < -0.39 is 18.2 Å². The van der Waals surface area contributed by atoms with Crippen molar-refractivity contribution in [2.75, 3.05) is 0 Å². The molecule has 3 N–H and O–H groups in total. The smallest absolute Gasteiger partial charge is 0.311 e. The van der Waals surface area contributed by atoms with E-state index in [1.807, 2.05) is 6.92 Å². The molecule has 1 atom stereocenters. The summed E-state index contributed by atoms with van der Waals surface area (Å²) in [5.74, 6) is -2.18. The van der Waals surface area contributed by atoms with Gasteiger partial charge in [-0.25, -0.2) is 0 Å². The number of rotatable bonds is 5. The minimum Gasteiger partial charge on any atom is -0.481 e. The van der Waals surface area contributed by atoms with Gasteiger partial charge in [0.05, 0.1) is 0 Å². The first kappa shape index (κ1) is 10.4. The first-order valence-electron chi connectivity index (χ1n) is 3.68. The minimum atomic E-state index is -1.74. The molecule has 0 aromatic rings. The molecule has 0 spiro atoms. The molecule has 0 rings (SSSR count). The highest BCUT2D eigenvalue weighted by Crippen LogP contribution is 2.11. The van der Waals surface area contributed by atoms with Gasteiger partial charge >= 0.3 is 5.97 Å². The molecule has 0 aliphatic heterocycles. The molecular formula is C7H14O4. The molecule has 0 aliphatic carbocycles. The van der Waals surface area contributed by atoms with Crippen LogP contribution in [-0.4, -0.2) is 27.6 Å². The van der Waals surface area contributed by atoms with Crippen LogP contribution < -0.4 is 0 Å². The molecule has 0 aromatic heterocycles. The monoisotopic (exact) mass is 162 g/mol. The zero-order chi connectivity index (χ0) is 8.85. The van der Waals surface area contributed by atoms with Crippen molar-refractivity contribution in [2.24, 2.45) is 5.92 Å². The maximum atomic E-state index is 10.3. The van der Waals surface area contributed by atoms with E-state index in [1.165, 1.54) is 0 Å². The van der Waals surface area contributed by atoms with E-state index in [4.69, 9.17) is 15.3 Å². The summed E-state index contributed by atoms with van der Waals surface area (Å²) in [5.41, 5.74) is 0. The van der Waals surface area contributed by atoms with Crippen molar-refractivity contribution < 1.29 is 20.1 Å². The Kier molecular flexibility index (Phi) is 4.81. The lowest BCUT2D eigenvalue weighted by Gasteiger charge is -2.12. The van der Waals surface area contributed by atoms with Crippen LogP contribution in [-0.2, 0) is 4.79 Å². The molecule has 4 nitrogen and oxygen atoms in total. The fraction of sp³-hybridized carbons (Fsp3) is 0.857. The minimum absolute atomic E-state index is 0.323. The fourth-order valence-corrected chi connectivity index (χ4v) is 0.824. The summed E-state index contributed by atoms with van der Waals surface area (Å²) in [5, 5.41) is 25.6. The summed E-state index contributed by atoms with van der Waals surface area (Å²) < 4.78 is 0. The van der Waals surface area contributed by atoms with E-state index in [0.717, 1.165) is 6.42 Å². The Morgan fingerprint density at radius 1 is 1.45 bits per heavy atom. The maximum absolute atomic E-state index is 10.3. The van der Waals surface area contributed by atoms with Crippen molar-refractivity contribution in [1.82, 2.24) is 0 Å². The number of carbonyl (C=O) groups is 1. The van der Waals surface area contributed by atoms with E-state index in [1.54, 1.807) is 0 Å². The maximum Gasteiger partial charge on any atom is 0.311 e. The normalized spacial score (nSPS) is 13.5. The third kappa shape index (κ3) is 3.95. The molecule has 0 amide bonds. The van der Waals surface area contributed by atoms with Crippen molar-refractivity contribution in [3.05, 3.63) is 0 Å². The van der Waals surface area contributed by atoms with Crippen LogP contribution in [0.3, 0.4) is 0 Å². The second-order valence-electron chi connectivity index (χ2n) is 2.50. The van der Waals surface area contributed by atoms with E-state index in [9.17, 15) is 4.79 Å². The molecule has 0 saturated carbocycles. The van der Waals surface area contributed by atoms with Gasteiger partial charge in [-0.05, 0) is 6.42 Å². The number of unbranched alkanes of at least 4 members (excludes halogenated alkanes) is 1. The van der Waals surface area contributed by atoms with Gasteiger partial charge in [-0.3, -0.25) is 4.79 Å². The van der Waals surface area contributed by atoms with Crippen molar-refractivity contribution in [3.63, 3.8) is 0 Å². The van der Waals surface area contributed by atoms with E-state index in [0.29, 0.717) is 12.8 Å². The van der Waals surface area contributed by atoms with Crippen LogP contribution in [0.1, 0.15) is 26.2 Å². The quantitative estimate of drug-likeness (QED) is 0.504. The Labute approximate surface area is 65.5 Å². The molecule has 1 unspecified atom stereocenters. The van der Waals surface area contributed by atoms with E-state index >= 15 is 0 Å². The molecule has 0 bridgehead atoms. The van der Waals surface area contributed by atoms with Crippen LogP contribution in [0.2, 0.25) is 0 Å². The van der Waals surface area contributed by atoms with Crippen LogP contribution in [0, 0.1) is 5.92 Å². The van der Waals surface area contributed by atoms with Gasteiger partial charge in [-0.1, -0.05) is 19.8 Å². The van der Waals surface area contributed by atoms with Crippen molar-refractivity contribution >= 4 is 5.97 Å². The Morgan fingerprint density at radius 3 is 2.27 bits per heavy atom. The number of aliphatic hydroxyl groups is 2. The average Bonchev–Trinajstić information content (AvgIpc) is 1.87. The third-order valence-electron chi connectivity index (χ3n) is 1.55. The summed E-state index contributed by atoms with van der Waals surface area (Å²) in [4.78, 5) is 10.3. The largest absolute Gasteiger partial charge is 0.481 e. The highest BCUT2D eigenvalue weighted by molar-refractivity contribution is 5.70. The zero-order valence-electron chi connectivity index (χ0n) is 6.53. The molecule has 0 saturated heterocycles. The SMILES string of the molecule is CCCCC(C(=O)O)C(O)O. The summed E-state index contributed by atoms with van der Waals surface area (Å²) >= 11 is 0. The average molecular weight is 162 g/mol. The van der Waals surface area contributed by atoms with Crippen molar-refractivity contribution in [1.29, 1.82) is 0 Å². The second-order valence-corrected chi connectivity index (χ2v) is 2.50. The van der Waals surface area contributed by atoms with E-state index in [2.05, 4.69) is 0 Å². The fourth-order valence-electron chi connectivity index (χ4n) is 0.824. The molecule has 11 heavy (non-hydrogen) atoms. The van der Waals surface area contributed by atoms with Gasteiger partial charge in [-0.15, -0.1) is 0 Å². The van der Waals surface area contributed by atoms with Gasteiger partial charge < -0.3 is 15.3 Å². The van der Waals surface area contributed by atoms with Crippen LogP contribution in [0.15, 0.2) is 0 Å². The number of aliphatic carboxylic acids is 1. The molecule has 0 aromatic carbocycles. The Balaban J connectivity index is 3.80. The first-order valence-corrected chi connectivity index (χ1v) is 3.68. The second kappa shape index (κ2) is 5.09. The highest BCUT2D eigenvalue weighted by atomic mass is 16.5. The van der Waals surface area contributed by atoms with Gasteiger partial charge in [0.2, 0.25) is 0 Å². The molecule has 0 radical (unpaired) electrons. The number of hydrogen-bond acceptors (Lipinski definition) is 3. The van der Waals surface area contributed by atoms with Crippen LogP contribution >= 0.6 is 0 Å². The summed E-state index contributed by atoms with van der Waals surface area (Å²) in [6.45, 7) is 1.92. The number of aliphatic hydroxyl groups excluding tert-OH is 1. The number of carboxylic acid groups (broad SMARTS) is 1. The highest BCUT2D eigenvalue weighted by Gasteiger charge is 2.23. The third-order valence-corrected chi connectivity index (χ3v) is 1.55. The Bertz CT molecular complexity index is 122. The molecule has 0 heterocycles. The van der Waals surface area contributed by atoms with Crippen LogP contribution in [0.5, 0.6) is 0 Å². The zero-order valence-corrected chi connectivity index (χ0v) is 6.53. The topological polar surface area (TPSA) is 77.8 Å². The number of hydrogen-bond donors (Lipinski definition) is 3. The molecule has 66 valence electrons. The van der Waals surface area contributed by atoms with Crippen molar-refractivity contribution in [2.45, 2.75) is 32.5 Å². The Hall–Kier alpha value is -0.610. The summed E-state index contributed by atoms with van der Waals surface area (Å²) in [6.07, 6.45) is 0.147. The summed E-state index contributed by atoms with van der Waals surface area (Å²) in [6, 6.07) is 0. The predicted octanol–water partition coefficient (Wildman–Crippen LogP) is 0.188. The van der Waals surface area contributed by atoms with Gasteiger partial charge in [-0.2, -0.15) is 0 Å². The van der Waals surface area contributed by atoms with Crippen LogP contribution in [0.4, 0.5) is 0 Å². The molecule has 0 fully saturated rings. The van der Waals surface area contributed by atoms with Crippen LogP contribution in [0.25, 0.3) is 0 Å². The van der Waals surface area contributed by atoms with E-state index in [-0.39, 0.29) is 0 Å². The van der Waals surface area contributed by atoms with Gasteiger partial charge in [0.1, 0.15) is 5.92 Å². The Morgan fingerprint density at radius 2 is 2.00 bits per heavy atom. The molecule has 0 aliphatic rings. The molecular weight excluding hydrogens is 148 g/mol. The standard InChI is InChI=1S/C7H14O4/c1-2-3-4-5(6(8)9)7(10)11/h5-6,8-9H,2-4H2,1H3,(H,10,11). The summed E-state index contributed by atoms with van der Waals surface area (Å²) in [7, 11) is 0. The van der Waals surface area contributed by atoms with Gasteiger partial charge in [0, 0.05) is 0 Å². The predicted molar refractivity (Wildman–Crippen MR) is 38.9 cm³/mol. The number of carboxylic acids is 1. The molecule has 4 heteroatoms. The van der Waals surface area contributed by atoms with Gasteiger partial charge in [0.15, 0.2) is 6.29 Å². The first-order chi connectivity index (χ1) is 5.09. The lowest BCUT2D eigenvalue weighted by atomic mass is 10.0. The van der Waals surface area contributed by atoms with Crippen molar-refractivity contribution in [3.8, 4) is 0 Å². The lowest BCUT2D eigenvalue weighted by Crippen LogP contribution is -2.27.